The van der Waals surface area contributed by atoms with Gasteiger partial charge in [-0.1, -0.05) is 30.7 Å². The van der Waals surface area contributed by atoms with Crippen LogP contribution in [0.5, 0.6) is 0 Å². The number of allylic oxidation sites excluding steroid dienone is 2. The van der Waals surface area contributed by atoms with Crippen molar-refractivity contribution in [2.75, 3.05) is 25.2 Å². The first-order chi connectivity index (χ1) is 19.5. The van der Waals surface area contributed by atoms with Gasteiger partial charge >= 0.3 is 5.97 Å². The third-order valence-corrected chi connectivity index (χ3v) is 8.41. The summed E-state index contributed by atoms with van der Waals surface area (Å²) < 4.78 is 23.4. The van der Waals surface area contributed by atoms with Crippen molar-refractivity contribution in [3.63, 3.8) is 0 Å². The van der Waals surface area contributed by atoms with Gasteiger partial charge in [-0.05, 0) is 51.9 Å². The van der Waals surface area contributed by atoms with E-state index in [1.165, 1.54) is 13.0 Å². The van der Waals surface area contributed by atoms with E-state index in [9.17, 15) is 14.4 Å². The Labute approximate surface area is 249 Å². The third-order valence-electron chi connectivity index (χ3n) is 7.79. The molecule has 0 aromatic rings. The van der Waals surface area contributed by atoms with E-state index in [0.717, 1.165) is 43.6 Å². The minimum absolute atomic E-state index is 0.0310. The van der Waals surface area contributed by atoms with Gasteiger partial charge in [0.15, 0.2) is 0 Å². The second kappa shape index (κ2) is 15.9. The molecule has 3 rings (SSSR count). The van der Waals surface area contributed by atoms with Crippen LogP contribution in [0.1, 0.15) is 66.7 Å². The molecule has 0 bridgehead atoms. The van der Waals surface area contributed by atoms with E-state index in [0.29, 0.717) is 13.0 Å². The number of hydrogen-bond donors (Lipinski definition) is 2. The standard InChI is InChI=1S/C31H48N2O7S/c1-20(7-10-25-17-31(19-37-31)18-26(40-25)16-30(36)32-13-14-41-6)8-11-28-21(2)15-27(23(4)39-28)33-29(35)12-9-22(3)38-24(5)34/h7-10,12,21-23,25-28H,11,13-19H2,1-6H3,(H,32,36)(H,33,35)/b10-7+,12-9-,20-8+/t21-,22-,23+,25+,26+,27+,28-,31+/m0/s1. The van der Waals surface area contributed by atoms with Gasteiger partial charge in [-0.15, -0.1) is 0 Å². The molecule has 0 aromatic carbocycles. The lowest BCUT2D eigenvalue weighted by molar-refractivity contribution is -0.143. The molecule has 8 atom stereocenters. The van der Waals surface area contributed by atoms with E-state index in [1.54, 1.807) is 24.8 Å². The molecule has 10 heteroatoms. The van der Waals surface area contributed by atoms with Crippen LogP contribution in [0.3, 0.4) is 0 Å². The highest BCUT2D eigenvalue weighted by Crippen LogP contribution is 2.43. The zero-order chi connectivity index (χ0) is 30.0. The molecule has 2 amide bonds. The summed E-state index contributed by atoms with van der Waals surface area (Å²) in [4.78, 5) is 35.7. The number of thioether (sulfide) groups is 1. The molecule has 0 saturated carbocycles. The summed E-state index contributed by atoms with van der Waals surface area (Å²) in [5.74, 6) is 0.595. The summed E-state index contributed by atoms with van der Waals surface area (Å²) in [5.41, 5.74) is 0.987. The molecule has 9 nitrogen and oxygen atoms in total. The molecular formula is C31H48N2O7S. The summed E-state index contributed by atoms with van der Waals surface area (Å²) in [5, 5.41) is 5.99. The molecule has 0 radical (unpaired) electrons. The Balaban J connectivity index is 1.45. The van der Waals surface area contributed by atoms with Gasteiger partial charge in [0.05, 0.1) is 49.1 Å². The molecule has 3 saturated heterocycles. The average Bonchev–Trinajstić information content (AvgIpc) is 3.64. The molecule has 0 aliphatic carbocycles. The Hall–Kier alpha value is -2.14. The van der Waals surface area contributed by atoms with Crippen molar-refractivity contribution >= 4 is 29.5 Å². The van der Waals surface area contributed by atoms with Gasteiger partial charge in [0.2, 0.25) is 11.8 Å². The second-order valence-electron chi connectivity index (χ2n) is 11.6. The van der Waals surface area contributed by atoms with Gasteiger partial charge in [-0.2, -0.15) is 11.8 Å². The van der Waals surface area contributed by atoms with Crippen LogP contribution in [0.25, 0.3) is 0 Å². The van der Waals surface area contributed by atoms with E-state index in [-0.39, 0.29) is 59.8 Å². The van der Waals surface area contributed by atoms with Crippen molar-refractivity contribution in [3.8, 4) is 0 Å². The van der Waals surface area contributed by atoms with Crippen molar-refractivity contribution < 1.29 is 33.3 Å². The Morgan fingerprint density at radius 1 is 1.15 bits per heavy atom. The molecule has 1 spiro atoms. The molecule has 0 unspecified atom stereocenters. The zero-order valence-electron chi connectivity index (χ0n) is 25.4. The number of nitrogens with one attached hydrogen (secondary N) is 2. The maximum Gasteiger partial charge on any atom is 0.303 e. The van der Waals surface area contributed by atoms with Gasteiger partial charge in [0.1, 0.15) is 6.10 Å². The fourth-order valence-electron chi connectivity index (χ4n) is 5.45. The molecule has 0 aromatic heterocycles. The summed E-state index contributed by atoms with van der Waals surface area (Å²) in [6, 6.07) is -0.0895. The summed E-state index contributed by atoms with van der Waals surface area (Å²) in [6.45, 7) is 10.7. The normalized spacial score (nSPS) is 32.7. The average molecular weight is 593 g/mol. The monoisotopic (exact) mass is 592 g/mol. The van der Waals surface area contributed by atoms with E-state index in [2.05, 4.69) is 42.7 Å². The van der Waals surface area contributed by atoms with E-state index >= 15 is 0 Å². The van der Waals surface area contributed by atoms with E-state index < -0.39 is 6.10 Å². The smallest absolute Gasteiger partial charge is 0.303 e. The quantitative estimate of drug-likeness (QED) is 0.109. The topological polar surface area (TPSA) is 115 Å². The summed E-state index contributed by atoms with van der Waals surface area (Å²) in [7, 11) is 0. The number of hydrogen-bond acceptors (Lipinski definition) is 8. The first-order valence-corrected chi connectivity index (χ1v) is 16.1. The lowest BCUT2D eigenvalue weighted by atomic mass is 9.88. The van der Waals surface area contributed by atoms with Gasteiger partial charge in [-0.25, -0.2) is 0 Å². The fourth-order valence-corrected chi connectivity index (χ4v) is 5.75. The Kier molecular flexibility index (Phi) is 12.9. The molecule has 41 heavy (non-hydrogen) atoms. The SMILES string of the molecule is CSCCNC(=O)C[C@@H]1C[C@@]2(CO2)C[C@@H](/C=C/C(C)=C/C[C@@H]2O[C@H](C)[C@H](NC(=O)/C=C\[C@H](C)OC(C)=O)C[C@@H]2C)O1. The van der Waals surface area contributed by atoms with Crippen LogP contribution in [-0.4, -0.2) is 85.1 Å². The van der Waals surface area contributed by atoms with Gasteiger partial charge in [0, 0.05) is 38.1 Å². The lowest BCUT2D eigenvalue weighted by Crippen LogP contribution is -2.50. The molecule has 3 aliphatic heterocycles. The number of epoxide rings is 1. The first kappa shape index (κ1) is 33.4. The number of carbonyl (C=O) groups is 3. The predicted octanol–water partition coefficient (Wildman–Crippen LogP) is 3.87. The van der Waals surface area contributed by atoms with Crippen LogP contribution in [-0.2, 0) is 33.3 Å². The highest BCUT2D eigenvalue weighted by molar-refractivity contribution is 7.98. The first-order valence-electron chi connectivity index (χ1n) is 14.7. The van der Waals surface area contributed by atoms with Crippen molar-refractivity contribution in [1.29, 1.82) is 0 Å². The van der Waals surface area contributed by atoms with Crippen molar-refractivity contribution in [2.24, 2.45) is 5.92 Å². The fraction of sp³-hybridized carbons (Fsp3) is 0.710. The van der Waals surface area contributed by atoms with Crippen molar-refractivity contribution in [1.82, 2.24) is 10.6 Å². The van der Waals surface area contributed by atoms with E-state index in [4.69, 9.17) is 18.9 Å². The largest absolute Gasteiger partial charge is 0.459 e. The van der Waals surface area contributed by atoms with Gasteiger partial charge in [0.25, 0.3) is 0 Å². The zero-order valence-corrected chi connectivity index (χ0v) is 26.2. The van der Waals surface area contributed by atoms with Crippen molar-refractivity contribution in [3.05, 3.63) is 36.0 Å². The maximum absolute atomic E-state index is 12.4. The van der Waals surface area contributed by atoms with Crippen LogP contribution < -0.4 is 10.6 Å². The number of ether oxygens (including phenoxy) is 4. The van der Waals surface area contributed by atoms with Gasteiger partial charge < -0.3 is 29.6 Å². The maximum atomic E-state index is 12.4. The lowest BCUT2D eigenvalue weighted by Gasteiger charge is -2.39. The number of esters is 1. The Morgan fingerprint density at radius 2 is 1.90 bits per heavy atom. The third kappa shape index (κ3) is 11.6. The van der Waals surface area contributed by atoms with Gasteiger partial charge in [-0.3, -0.25) is 14.4 Å². The number of amides is 2. The Morgan fingerprint density at radius 3 is 2.59 bits per heavy atom. The van der Waals surface area contributed by atoms with E-state index in [1.807, 2.05) is 13.2 Å². The van der Waals surface area contributed by atoms with Crippen LogP contribution in [0.15, 0.2) is 36.0 Å². The highest BCUT2D eigenvalue weighted by atomic mass is 32.2. The highest BCUT2D eigenvalue weighted by Gasteiger charge is 2.51. The Bertz CT molecular complexity index is 993. The minimum Gasteiger partial charge on any atom is -0.459 e. The number of carbonyl (C=O) groups excluding carboxylic acids is 3. The molecule has 230 valence electrons. The molecule has 2 N–H and O–H groups in total. The van der Waals surface area contributed by atoms with Crippen LogP contribution >= 0.6 is 11.8 Å². The van der Waals surface area contributed by atoms with Crippen LogP contribution in [0, 0.1) is 5.92 Å². The van der Waals surface area contributed by atoms with Crippen LogP contribution in [0.2, 0.25) is 0 Å². The minimum atomic E-state index is -0.457. The molecule has 3 aliphatic rings. The summed E-state index contributed by atoms with van der Waals surface area (Å²) >= 11 is 1.71. The molecule has 3 heterocycles. The molecular weight excluding hydrogens is 544 g/mol. The second-order valence-corrected chi connectivity index (χ2v) is 12.6. The predicted molar refractivity (Wildman–Crippen MR) is 161 cm³/mol. The van der Waals surface area contributed by atoms with Crippen LogP contribution in [0.4, 0.5) is 0 Å². The summed E-state index contributed by atoms with van der Waals surface area (Å²) in [6.07, 6.45) is 14.2. The molecule has 3 fully saturated rings. The number of rotatable bonds is 13. The van der Waals surface area contributed by atoms with Crippen molar-refractivity contribution in [2.45, 2.75) is 109 Å².